The Kier molecular flexibility index (Phi) is 9.77. The van der Waals surface area contributed by atoms with Crippen molar-refractivity contribution < 1.29 is 24.3 Å². The van der Waals surface area contributed by atoms with Crippen molar-refractivity contribution >= 4 is 23.6 Å². The molecule has 0 spiro atoms. The van der Waals surface area contributed by atoms with Crippen molar-refractivity contribution in [2.24, 2.45) is 5.92 Å². The number of nitrogens with zero attached hydrogens (tertiary/aromatic N) is 3. The van der Waals surface area contributed by atoms with Gasteiger partial charge < -0.3 is 25.1 Å². The molecule has 0 aromatic heterocycles. The van der Waals surface area contributed by atoms with Gasteiger partial charge in [-0.2, -0.15) is 0 Å². The van der Waals surface area contributed by atoms with Gasteiger partial charge in [0.25, 0.3) is 0 Å². The molecule has 2 heterocycles. The summed E-state index contributed by atoms with van der Waals surface area (Å²) >= 11 is 0. The minimum absolute atomic E-state index is 0.116. The topological polar surface area (TPSA) is 110 Å². The van der Waals surface area contributed by atoms with E-state index in [1.165, 1.54) is 19.3 Å². The molecule has 1 saturated carbocycles. The number of phenolic OH excluding ortho intramolecular Hbond substituents is 1. The number of unbranched alkanes of at least 4 members (excludes halogenated alkanes) is 1. The predicted molar refractivity (Wildman–Crippen MR) is 158 cm³/mol. The van der Waals surface area contributed by atoms with E-state index in [1.807, 2.05) is 47.4 Å². The highest BCUT2D eigenvalue weighted by Gasteiger charge is 2.40. The summed E-state index contributed by atoms with van der Waals surface area (Å²) in [5.41, 5.74) is 2.00. The predicted octanol–water partition coefficient (Wildman–Crippen LogP) is 3.25. The van der Waals surface area contributed by atoms with Crippen LogP contribution in [0.5, 0.6) is 5.75 Å². The molecule has 2 aromatic carbocycles. The molecule has 2 aliphatic heterocycles. The number of carbonyl (C=O) groups is 4. The number of hydrogen-bond donors (Lipinski definition) is 2. The van der Waals surface area contributed by atoms with Crippen LogP contribution in [-0.2, 0) is 32.1 Å². The molecule has 224 valence electrons. The van der Waals surface area contributed by atoms with Crippen molar-refractivity contribution in [2.75, 3.05) is 26.2 Å². The molecule has 42 heavy (non-hydrogen) atoms. The van der Waals surface area contributed by atoms with Crippen LogP contribution in [0, 0.1) is 5.92 Å². The Bertz CT molecular complexity index is 1240. The average Bonchev–Trinajstić information content (AvgIpc) is 3.01. The number of phenols is 1. The van der Waals surface area contributed by atoms with Gasteiger partial charge in [0.15, 0.2) is 0 Å². The Hall–Kier alpha value is -3.88. The van der Waals surface area contributed by atoms with Crippen LogP contribution in [0.3, 0.4) is 0 Å². The molecule has 0 bridgehead atoms. The third-order valence-electron chi connectivity index (χ3n) is 9.00. The molecule has 9 heteroatoms. The van der Waals surface area contributed by atoms with E-state index in [9.17, 15) is 24.3 Å². The van der Waals surface area contributed by atoms with Gasteiger partial charge in [0, 0.05) is 38.8 Å². The van der Waals surface area contributed by atoms with E-state index in [-0.39, 0.29) is 17.8 Å². The van der Waals surface area contributed by atoms with Gasteiger partial charge in [-0.05, 0) is 67.7 Å². The first kappa shape index (κ1) is 29.6. The fraction of sp³-hybridized carbons (Fsp3) is 0.515. The fourth-order valence-corrected chi connectivity index (χ4v) is 6.63. The molecule has 9 nitrogen and oxygen atoms in total. The molecule has 1 aliphatic carbocycles. The summed E-state index contributed by atoms with van der Waals surface area (Å²) in [4.78, 5) is 56.6. The molecule has 2 saturated heterocycles. The highest BCUT2D eigenvalue weighted by atomic mass is 16.3. The van der Waals surface area contributed by atoms with Crippen LogP contribution in [0.1, 0.15) is 62.5 Å². The second kappa shape index (κ2) is 13.9. The number of piperazine rings is 2. The van der Waals surface area contributed by atoms with E-state index in [1.54, 1.807) is 21.9 Å². The van der Waals surface area contributed by atoms with E-state index >= 15 is 0 Å². The second-order valence-electron chi connectivity index (χ2n) is 12.0. The van der Waals surface area contributed by atoms with E-state index in [2.05, 4.69) is 5.32 Å². The lowest BCUT2D eigenvalue weighted by Crippen LogP contribution is -2.61. The minimum atomic E-state index is -0.572. The first-order valence-electron chi connectivity index (χ1n) is 15.4. The lowest BCUT2D eigenvalue weighted by molar-refractivity contribution is -0.159. The van der Waals surface area contributed by atoms with Crippen molar-refractivity contribution in [1.82, 2.24) is 20.0 Å². The van der Waals surface area contributed by atoms with Crippen molar-refractivity contribution in [3.05, 3.63) is 65.7 Å². The molecule has 3 aliphatic rings. The van der Waals surface area contributed by atoms with Crippen LogP contribution in [0.2, 0.25) is 0 Å². The Morgan fingerprint density at radius 3 is 2.24 bits per heavy atom. The van der Waals surface area contributed by atoms with Crippen molar-refractivity contribution in [3.63, 3.8) is 0 Å². The van der Waals surface area contributed by atoms with E-state index in [0.717, 1.165) is 30.4 Å². The number of carbonyl (C=O) groups excluding carboxylic acids is 4. The fourth-order valence-electron chi connectivity index (χ4n) is 6.63. The lowest BCUT2D eigenvalue weighted by Gasteiger charge is -2.42. The Labute approximate surface area is 247 Å². The summed E-state index contributed by atoms with van der Waals surface area (Å²) in [6, 6.07) is 16.5. The summed E-state index contributed by atoms with van der Waals surface area (Å²) in [6.07, 6.45) is 8.55. The van der Waals surface area contributed by atoms with Crippen LogP contribution in [0.15, 0.2) is 54.6 Å². The number of amides is 4. The largest absolute Gasteiger partial charge is 0.508 e. The Balaban J connectivity index is 1.20. The normalized spacial score (nSPS) is 22.0. The minimum Gasteiger partial charge on any atom is -0.508 e. The highest BCUT2D eigenvalue weighted by molar-refractivity contribution is 6.36. The molecular formula is C33H42N4O5. The standard InChI is InChI=1S/C33H42N4O5/c38-29-16-14-24(15-17-29)19-28-23-35(32(41)33(42)37(28)22-26-11-5-2-6-12-26)18-8-7-13-27-20-34-30(39)31(40)36(27)21-25-9-3-1-4-10-25/h1,3-4,9-10,14-17,26-28,38H,2,5-8,11-13,18-23H2,(H,34,39)/t27-,28+/m1/s1. The van der Waals surface area contributed by atoms with Crippen LogP contribution < -0.4 is 5.32 Å². The number of hydrogen-bond acceptors (Lipinski definition) is 5. The molecular weight excluding hydrogens is 532 g/mol. The zero-order valence-electron chi connectivity index (χ0n) is 24.2. The molecule has 2 N–H and O–H groups in total. The summed E-state index contributed by atoms with van der Waals surface area (Å²) in [6.45, 7) is 2.37. The van der Waals surface area contributed by atoms with Gasteiger partial charge in [0.1, 0.15) is 5.75 Å². The number of aromatic hydroxyl groups is 1. The first-order valence-corrected chi connectivity index (χ1v) is 15.4. The van der Waals surface area contributed by atoms with Crippen LogP contribution in [-0.4, -0.2) is 81.7 Å². The van der Waals surface area contributed by atoms with Crippen LogP contribution >= 0.6 is 0 Å². The van der Waals surface area contributed by atoms with Crippen molar-refractivity contribution in [3.8, 4) is 5.75 Å². The Morgan fingerprint density at radius 1 is 0.762 bits per heavy atom. The summed E-state index contributed by atoms with van der Waals surface area (Å²) in [5.74, 6) is -1.29. The zero-order chi connectivity index (χ0) is 29.5. The summed E-state index contributed by atoms with van der Waals surface area (Å²) < 4.78 is 0. The monoisotopic (exact) mass is 574 g/mol. The summed E-state index contributed by atoms with van der Waals surface area (Å²) in [7, 11) is 0. The van der Waals surface area contributed by atoms with Gasteiger partial charge in [-0.25, -0.2) is 0 Å². The second-order valence-corrected chi connectivity index (χ2v) is 12.0. The van der Waals surface area contributed by atoms with E-state index < -0.39 is 23.6 Å². The maximum absolute atomic E-state index is 13.4. The molecule has 4 amide bonds. The highest BCUT2D eigenvalue weighted by Crippen LogP contribution is 2.28. The zero-order valence-corrected chi connectivity index (χ0v) is 24.2. The van der Waals surface area contributed by atoms with Crippen molar-refractivity contribution in [2.45, 2.75) is 76.4 Å². The first-order chi connectivity index (χ1) is 20.4. The number of nitrogens with one attached hydrogen (secondary N) is 1. The van der Waals surface area contributed by atoms with Gasteiger partial charge in [-0.1, -0.05) is 61.7 Å². The summed E-state index contributed by atoms with van der Waals surface area (Å²) in [5, 5.41) is 12.4. The molecule has 0 unspecified atom stereocenters. The maximum Gasteiger partial charge on any atom is 0.312 e. The molecule has 2 aromatic rings. The quantitative estimate of drug-likeness (QED) is 0.316. The van der Waals surface area contributed by atoms with Crippen LogP contribution in [0.4, 0.5) is 0 Å². The SMILES string of the molecule is O=C1NC[C@@H](CCCCN2C[C@H](Cc3ccc(O)cc3)N(CC3CCCCC3)C(=O)C2=O)N(Cc2ccccc2)C1=O. The molecule has 5 rings (SSSR count). The van der Waals surface area contributed by atoms with Crippen molar-refractivity contribution in [1.29, 1.82) is 0 Å². The van der Waals surface area contributed by atoms with Gasteiger partial charge in [-0.15, -0.1) is 0 Å². The third kappa shape index (κ3) is 7.30. The lowest BCUT2D eigenvalue weighted by atomic mass is 9.88. The van der Waals surface area contributed by atoms with E-state index in [4.69, 9.17) is 0 Å². The van der Waals surface area contributed by atoms with Crippen LogP contribution in [0.25, 0.3) is 0 Å². The van der Waals surface area contributed by atoms with Gasteiger partial charge >= 0.3 is 23.6 Å². The molecule has 2 atom stereocenters. The smallest absolute Gasteiger partial charge is 0.312 e. The molecule has 0 radical (unpaired) electrons. The van der Waals surface area contributed by atoms with Gasteiger partial charge in [0.05, 0.1) is 6.04 Å². The molecule has 3 fully saturated rings. The van der Waals surface area contributed by atoms with Gasteiger partial charge in [-0.3, -0.25) is 19.2 Å². The number of benzene rings is 2. The maximum atomic E-state index is 13.4. The number of rotatable bonds is 11. The third-order valence-corrected chi connectivity index (χ3v) is 9.00. The van der Waals surface area contributed by atoms with Gasteiger partial charge in [0.2, 0.25) is 0 Å². The average molecular weight is 575 g/mol. The Morgan fingerprint density at radius 2 is 1.50 bits per heavy atom. The van der Waals surface area contributed by atoms with E-state index in [0.29, 0.717) is 57.9 Å².